The summed E-state index contributed by atoms with van der Waals surface area (Å²) in [6.45, 7) is 0. The Labute approximate surface area is 96.7 Å². The van der Waals surface area contributed by atoms with Crippen molar-refractivity contribution in [3.63, 3.8) is 0 Å². The summed E-state index contributed by atoms with van der Waals surface area (Å²) in [5.74, 6) is 0.440. The third-order valence-electron chi connectivity index (χ3n) is 2.99. The van der Waals surface area contributed by atoms with Crippen molar-refractivity contribution < 1.29 is 13.2 Å². The van der Waals surface area contributed by atoms with Crippen molar-refractivity contribution in [2.24, 2.45) is 5.73 Å². The first-order valence-electron chi connectivity index (χ1n) is 5.25. The Morgan fingerprint density at radius 3 is 2.35 bits per heavy atom. The minimum atomic E-state index is -4.44. The Balaban J connectivity index is 2.07. The molecule has 1 fully saturated rings. The summed E-state index contributed by atoms with van der Waals surface area (Å²) in [5, 5.41) is 0. The maximum atomic E-state index is 12.3. The molecule has 1 aliphatic carbocycles. The highest BCUT2D eigenvalue weighted by molar-refractivity contribution is 5.37. The molecule has 94 valence electrons. The van der Waals surface area contributed by atoms with Crippen LogP contribution in [0, 0.1) is 0 Å². The van der Waals surface area contributed by atoms with Gasteiger partial charge in [0.05, 0.1) is 12.4 Å². The van der Waals surface area contributed by atoms with Crippen LogP contribution in [-0.2, 0) is 6.18 Å². The topological polar surface area (TPSA) is 55.0 Å². The summed E-state index contributed by atoms with van der Waals surface area (Å²) in [6.07, 6.45) is -0.877. The van der Waals surface area contributed by atoms with E-state index in [9.17, 15) is 13.2 Å². The fourth-order valence-electron chi connectivity index (χ4n) is 1.78. The van der Waals surface area contributed by atoms with Crippen LogP contribution in [0.15, 0.2) is 12.4 Å². The Bertz CT molecular complexity index is 384. The molecule has 7 heteroatoms. The molecule has 1 heterocycles. The van der Waals surface area contributed by atoms with Crippen molar-refractivity contribution in [1.29, 1.82) is 0 Å². The molecule has 2 N–H and O–H groups in total. The van der Waals surface area contributed by atoms with Gasteiger partial charge in [0.1, 0.15) is 5.82 Å². The van der Waals surface area contributed by atoms with E-state index in [2.05, 4.69) is 9.97 Å². The van der Waals surface area contributed by atoms with Crippen molar-refractivity contribution in [3.8, 4) is 0 Å². The maximum absolute atomic E-state index is 12.3. The first-order valence-corrected chi connectivity index (χ1v) is 5.25. The van der Waals surface area contributed by atoms with Gasteiger partial charge < -0.3 is 10.6 Å². The Hall–Kier alpha value is -1.37. The number of rotatable bonds is 2. The van der Waals surface area contributed by atoms with Crippen molar-refractivity contribution in [2.75, 3.05) is 11.9 Å². The molecule has 0 amide bonds. The molecule has 0 spiro atoms. The molecule has 1 saturated carbocycles. The monoisotopic (exact) mass is 246 g/mol. The lowest BCUT2D eigenvalue weighted by atomic mass is 9.86. The van der Waals surface area contributed by atoms with Crippen molar-refractivity contribution in [1.82, 2.24) is 9.97 Å². The van der Waals surface area contributed by atoms with Crippen LogP contribution in [0.1, 0.15) is 18.5 Å². The zero-order valence-electron chi connectivity index (χ0n) is 9.28. The standard InChI is InChI=1S/C10H13F3N4/c1-17(7-2-6(14)3-7)9-5-15-8(4-16-9)10(11,12)13/h4-7H,2-3,14H2,1H3/t6-,7+. The molecule has 1 aromatic heterocycles. The second-order valence-electron chi connectivity index (χ2n) is 4.25. The Morgan fingerprint density at radius 1 is 1.29 bits per heavy atom. The van der Waals surface area contributed by atoms with Crippen LogP contribution in [0.25, 0.3) is 0 Å². The van der Waals surface area contributed by atoms with Crippen LogP contribution in [-0.4, -0.2) is 29.1 Å². The molecule has 0 radical (unpaired) electrons. The van der Waals surface area contributed by atoms with Gasteiger partial charge in [0.15, 0.2) is 5.69 Å². The highest BCUT2D eigenvalue weighted by Gasteiger charge is 2.34. The molecule has 1 aromatic rings. The second kappa shape index (κ2) is 4.14. The van der Waals surface area contributed by atoms with E-state index in [-0.39, 0.29) is 12.1 Å². The molecular weight excluding hydrogens is 233 g/mol. The van der Waals surface area contributed by atoms with Gasteiger partial charge in [-0.2, -0.15) is 13.2 Å². The van der Waals surface area contributed by atoms with E-state index in [0.29, 0.717) is 5.82 Å². The maximum Gasteiger partial charge on any atom is 0.434 e. The van der Waals surface area contributed by atoms with E-state index in [1.807, 2.05) is 4.90 Å². The molecule has 0 aliphatic heterocycles. The lowest BCUT2D eigenvalue weighted by Gasteiger charge is -2.39. The highest BCUT2D eigenvalue weighted by Crippen LogP contribution is 2.29. The summed E-state index contributed by atoms with van der Waals surface area (Å²) in [6, 6.07) is 0.431. The molecule has 0 bridgehead atoms. The molecule has 0 atom stereocenters. The van der Waals surface area contributed by atoms with Gasteiger partial charge >= 0.3 is 6.18 Å². The van der Waals surface area contributed by atoms with Gasteiger partial charge in [-0.25, -0.2) is 9.97 Å². The third-order valence-corrected chi connectivity index (χ3v) is 2.99. The van der Waals surface area contributed by atoms with Gasteiger partial charge in [0.25, 0.3) is 0 Å². The first-order chi connectivity index (χ1) is 7.88. The summed E-state index contributed by atoms with van der Waals surface area (Å²) < 4.78 is 36.8. The highest BCUT2D eigenvalue weighted by atomic mass is 19.4. The van der Waals surface area contributed by atoms with Crippen LogP contribution in [0.5, 0.6) is 0 Å². The molecule has 0 unspecified atom stereocenters. The summed E-state index contributed by atoms with van der Waals surface area (Å²) in [7, 11) is 1.79. The third kappa shape index (κ3) is 2.49. The number of alkyl halides is 3. The predicted octanol–water partition coefficient (Wildman–Crippen LogP) is 1.42. The molecule has 1 aliphatic rings. The lowest BCUT2D eigenvalue weighted by Crippen LogP contribution is -2.49. The van der Waals surface area contributed by atoms with E-state index in [1.54, 1.807) is 7.05 Å². The molecule has 0 saturated heterocycles. The zero-order chi connectivity index (χ0) is 12.6. The van der Waals surface area contributed by atoms with Gasteiger partial charge in [-0.3, -0.25) is 0 Å². The summed E-state index contributed by atoms with van der Waals surface area (Å²) in [4.78, 5) is 8.96. The number of hydrogen-bond donors (Lipinski definition) is 1. The minimum absolute atomic E-state index is 0.185. The normalized spacial score (nSPS) is 24.3. The summed E-state index contributed by atoms with van der Waals surface area (Å²) >= 11 is 0. The Morgan fingerprint density at radius 2 is 1.94 bits per heavy atom. The van der Waals surface area contributed by atoms with Gasteiger partial charge in [-0.15, -0.1) is 0 Å². The van der Waals surface area contributed by atoms with E-state index < -0.39 is 11.9 Å². The fourth-order valence-corrected chi connectivity index (χ4v) is 1.78. The van der Waals surface area contributed by atoms with Crippen molar-refractivity contribution >= 4 is 5.82 Å². The Kier molecular flexibility index (Phi) is 2.94. The van der Waals surface area contributed by atoms with Crippen LogP contribution in [0.4, 0.5) is 19.0 Å². The first kappa shape index (κ1) is 12.1. The van der Waals surface area contributed by atoms with Crippen molar-refractivity contribution in [2.45, 2.75) is 31.1 Å². The lowest BCUT2D eigenvalue weighted by molar-refractivity contribution is -0.141. The smallest absolute Gasteiger partial charge is 0.355 e. The van der Waals surface area contributed by atoms with Crippen LogP contribution < -0.4 is 10.6 Å². The number of nitrogens with two attached hydrogens (primary N) is 1. The van der Waals surface area contributed by atoms with Crippen LogP contribution >= 0.6 is 0 Å². The average molecular weight is 246 g/mol. The number of aromatic nitrogens is 2. The minimum Gasteiger partial charge on any atom is -0.355 e. The summed E-state index contributed by atoms with van der Waals surface area (Å²) in [5.41, 5.74) is 4.68. The average Bonchev–Trinajstić information content (AvgIpc) is 2.23. The SMILES string of the molecule is CN(c1cnc(C(F)(F)F)cn1)[C@H]1C[C@@H](N)C1. The molecule has 17 heavy (non-hydrogen) atoms. The second-order valence-corrected chi connectivity index (χ2v) is 4.25. The predicted molar refractivity (Wildman–Crippen MR) is 56.4 cm³/mol. The number of anilines is 1. The number of nitrogens with zero attached hydrogens (tertiary/aromatic N) is 3. The van der Waals surface area contributed by atoms with E-state index in [4.69, 9.17) is 5.73 Å². The molecular formula is C10H13F3N4. The number of hydrogen-bond acceptors (Lipinski definition) is 4. The van der Waals surface area contributed by atoms with Gasteiger partial charge in [-0.1, -0.05) is 0 Å². The van der Waals surface area contributed by atoms with E-state index in [1.165, 1.54) is 0 Å². The fraction of sp³-hybridized carbons (Fsp3) is 0.600. The van der Waals surface area contributed by atoms with E-state index in [0.717, 1.165) is 25.2 Å². The molecule has 4 nitrogen and oxygen atoms in total. The van der Waals surface area contributed by atoms with Gasteiger partial charge in [-0.05, 0) is 12.8 Å². The van der Waals surface area contributed by atoms with Crippen molar-refractivity contribution in [3.05, 3.63) is 18.1 Å². The number of halogens is 3. The quantitative estimate of drug-likeness (QED) is 0.857. The van der Waals surface area contributed by atoms with Gasteiger partial charge in [0, 0.05) is 19.1 Å². The zero-order valence-corrected chi connectivity index (χ0v) is 9.28. The largest absolute Gasteiger partial charge is 0.434 e. The molecule has 2 rings (SSSR count). The van der Waals surface area contributed by atoms with Crippen LogP contribution in [0.2, 0.25) is 0 Å². The van der Waals surface area contributed by atoms with E-state index >= 15 is 0 Å². The van der Waals surface area contributed by atoms with Crippen LogP contribution in [0.3, 0.4) is 0 Å². The van der Waals surface area contributed by atoms with Gasteiger partial charge in [0.2, 0.25) is 0 Å². The molecule has 0 aromatic carbocycles.